The molecule has 2 fully saturated rings. The minimum absolute atomic E-state index is 0.0334. The molecule has 13 heteroatoms. The van der Waals surface area contributed by atoms with Crippen molar-refractivity contribution in [3.63, 3.8) is 0 Å². The number of Topliss-reactive ketones (excluding diaryl/α,β-unsaturated/α-hetero) is 1. The fraction of sp³-hybridized carbons (Fsp3) is 0.710. The number of hydrogen-bond donors (Lipinski definition) is 1. The molecule has 1 saturated carbocycles. The van der Waals surface area contributed by atoms with Crippen molar-refractivity contribution in [1.82, 2.24) is 5.32 Å². The summed E-state index contributed by atoms with van der Waals surface area (Å²) in [4.78, 5) is 40.4. The van der Waals surface area contributed by atoms with Crippen molar-refractivity contribution >= 4 is 26.5 Å². The molecule has 0 unspecified atom stereocenters. The fourth-order valence-electron chi connectivity index (χ4n) is 7.51. The molecular weight excluding hydrogens is 590 g/mol. The number of amides is 1. The van der Waals surface area contributed by atoms with Crippen LogP contribution in [0.1, 0.15) is 41.5 Å². The maximum absolute atomic E-state index is 14.2. The van der Waals surface area contributed by atoms with E-state index in [2.05, 4.69) is 46.9 Å². The molecular formula is C31H49NO11Si. The molecule has 248 valence electrons. The van der Waals surface area contributed by atoms with Gasteiger partial charge in [-0.15, -0.1) is 0 Å². The molecule has 1 N–H and O–H groups in total. The van der Waals surface area contributed by atoms with Crippen molar-refractivity contribution in [3.05, 3.63) is 24.3 Å². The Morgan fingerprint density at radius 1 is 0.955 bits per heavy atom. The molecule has 1 saturated heterocycles. The minimum Gasteiger partial charge on any atom is -0.497 e. The van der Waals surface area contributed by atoms with E-state index in [4.69, 9.17) is 37.6 Å². The SMILES string of the molecule is COCO[C@@H]1C(OC)(OC)[C@H](C=O)[C@H](Oc2ccc(OC)cc2)[C@H](CO[Si](C(C)C)(C(C)C)C(C)C)[C@@]12NC(=O)OCC2=O. The van der Waals surface area contributed by atoms with E-state index < -0.39 is 62.2 Å². The normalized spacial score (nSPS) is 27.0. The van der Waals surface area contributed by atoms with Crippen LogP contribution in [0, 0.1) is 11.8 Å². The van der Waals surface area contributed by atoms with E-state index in [1.165, 1.54) is 21.3 Å². The predicted octanol–water partition coefficient (Wildman–Crippen LogP) is 4.11. The van der Waals surface area contributed by atoms with Gasteiger partial charge in [0.25, 0.3) is 0 Å². The van der Waals surface area contributed by atoms with Gasteiger partial charge in [-0.1, -0.05) is 41.5 Å². The third-order valence-corrected chi connectivity index (χ3v) is 15.5. The highest BCUT2D eigenvalue weighted by Crippen LogP contribution is 2.51. The summed E-state index contributed by atoms with van der Waals surface area (Å²) in [7, 11) is 3.12. The summed E-state index contributed by atoms with van der Waals surface area (Å²) in [5.74, 6) is -3.51. The highest BCUT2D eigenvalue weighted by Gasteiger charge is 2.73. The van der Waals surface area contributed by atoms with Gasteiger partial charge in [-0.2, -0.15) is 0 Å². The van der Waals surface area contributed by atoms with Crippen LogP contribution in [0.4, 0.5) is 4.79 Å². The van der Waals surface area contributed by atoms with Crippen molar-refractivity contribution in [2.45, 2.75) is 81.7 Å². The van der Waals surface area contributed by atoms with Crippen LogP contribution in [0.25, 0.3) is 0 Å². The molecule has 1 aliphatic heterocycles. The molecule has 0 aromatic heterocycles. The van der Waals surface area contributed by atoms with Gasteiger partial charge in [0, 0.05) is 27.9 Å². The van der Waals surface area contributed by atoms with Gasteiger partial charge in [0.15, 0.2) is 20.7 Å². The third kappa shape index (κ3) is 6.14. The molecule has 1 aromatic carbocycles. The van der Waals surface area contributed by atoms with Crippen molar-refractivity contribution in [2.75, 3.05) is 48.4 Å². The number of rotatable bonds is 15. The number of carbonyl (C=O) groups is 3. The van der Waals surface area contributed by atoms with Crippen molar-refractivity contribution in [2.24, 2.45) is 11.8 Å². The van der Waals surface area contributed by atoms with E-state index in [1.807, 2.05) is 0 Å². The van der Waals surface area contributed by atoms with Crippen LogP contribution in [-0.4, -0.2) is 98.5 Å². The maximum Gasteiger partial charge on any atom is 0.408 e. The summed E-state index contributed by atoms with van der Waals surface area (Å²) in [5, 5.41) is 2.78. The number of ether oxygens (including phenoxy) is 7. The first-order valence-corrected chi connectivity index (χ1v) is 17.1. The molecule has 0 bridgehead atoms. The summed E-state index contributed by atoms with van der Waals surface area (Å²) in [5.41, 5.74) is -1.23. The van der Waals surface area contributed by atoms with Crippen molar-refractivity contribution in [3.8, 4) is 11.5 Å². The molecule has 3 rings (SSSR count). The molecule has 1 aromatic rings. The van der Waals surface area contributed by atoms with Crippen molar-refractivity contribution < 1.29 is 52.0 Å². The predicted molar refractivity (Wildman–Crippen MR) is 163 cm³/mol. The maximum atomic E-state index is 14.2. The standard InChI is InChI=1S/C31H49NO11Si/c1-19(2)44(20(3)4,21(5)6)42-16-25-27(43-23-13-11-22(37-8)12-14-23)24(15-33)31(38-9,39-10)28(41-18-36-7)30(25)26(34)17-40-29(35)32-30/h11-15,19-21,24-25,27-28H,16-18H2,1-10H3,(H,32,35)/t24-,25+,27+,28+,30+/m1/s1. The van der Waals surface area contributed by atoms with E-state index in [9.17, 15) is 14.4 Å². The number of nitrogens with one attached hydrogen (secondary N) is 1. The summed E-state index contributed by atoms with van der Waals surface area (Å²) >= 11 is 0. The van der Waals surface area contributed by atoms with Crippen LogP contribution < -0.4 is 14.8 Å². The number of hydrogen-bond acceptors (Lipinski definition) is 11. The quantitative estimate of drug-likeness (QED) is 0.169. The largest absolute Gasteiger partial charge is 0.497 e. The fourth-order valence-corrected chi connectivity index (χ4v) is 13.0. The van der Waals surface area contributed by atoms with Gasteiger partial charge in [0.1, 0.15) is 48.2 Å². The Morgan fingerprint density at radius 2 is 1.52 bits per heavy atom. The van der Waals surface area contributed by atoms with Crippen LogP contribution >= 0.6 is 0 Å². The van der Waals surface area contributed by atoms with Crippen LogP contribution in [-0.2, 0) is 37.7 Å². The van der Waals surface area contributed by atoms with Crippen LogP contribution in [0.3, 0.4) is 0 Å². The average Bonchev–Trinajstić information content (AvgIpc) is 2.99. The van der Waals surface area contributed by atoms with Crippen molar-refractivity contribution in [1.29, 1.82) is 0 Å². The Hall–Kier alpha value is -2.55. The third-order valence-electron chi connectivity index (χ3n) is 9.37. The second-order valence-electron chi connectivity index (χ2n) is 12.2. The number of carbonyl (C=O) groups excluding carboxylic acids is 3. The number of methoxy groups -OCH3 is 4. The summed E-state index contributed by atoms with van der Waals surface area (Å²) in [6.45, 7) is 12.0. The van der Waals surface area contributed by atoms with E-state index in [0.29, 0.717) is 17.8 Å². The molecule has 2 aliphatic rings. The van der Waals surface area contributed by atoms with Gasteiger partial charge in [-0.25, -0.2) is 4.79 Å². The first-order valence-electron chi connectivity index (χ1n) is 14.9. The molecule has 1 heterocycles. The van der Waals surface area contributed by atoms with Gasteiger partial charge in [-0.05, 0) is 40.9 Å². The van der Waals surface area contributed by atoms with E-state index in [-0.39, 0.29) is 30.0 Å². The zero-order chi connectivity index (χ0) is 32.9. The summed E-state index contributed by atoms with van der Waals surface area (Å²) < 4.78 is 47.4. The lowest BCUT2D eigenvalue weighted by atomic mass is 9.60. The first-order chi connectivity index (χ1) is 20.9. The van der Waals surface area contributed by atoms with Crippen LogP contribution in [0.15, 0.2) is 24.3 Å². The van der Waals surface area contributed by atoms with E-state index >= 15 is 0 Å². The minimum atomic E-state index is -2.54. The molecule has 12 nitrogen and oxygen atoms in total. The zero-order valence-corrected chi connectivity index (χ0v) is 28.5. The van der Waals surface area contributed by atoms with Gasteiger partial charge < -0.3 is 47.7 Å². The lowest BCUT2D eigenvalue weighted by Gasteiger charge is -2.60. The second kappa shape index (κ2) is 14.7. The molecule has 44 heavy (non-hydrogen) atoms. The number of aldehydes is 1. The Balaban J connectivity index is 2.34. The number of ketones is 1. The van der Waals surface area contributed by atoms with E-state index in [1.54, 1.807) is 31.4 Å². The number of alkyl carbamates (subject to hydrolysis) is 1. The number of cyclic esters (lactones) is 1. The number of benzene rings is 1. The highest BCUT2D eigenvalue weighted by molar-refractivity contribution is 6.77. The first kappa shape index (κ1) is 35.9. The van der Waals surface area contributed by atoms with Gasteiger partial charge >= 0.3 is 6.09 Å². The Kier molecular flexibility index (Phi) is 12.0. The smallest absolute Gasteiger partial charge is 0.408 e. The monoisotopic (exact) mass is 639 g/mol. The van der Waals surface area contributed by atoms with Crippen LogP contribution in [0.2, 0.25) is 16.6 Å². The molecule has 1 spiro atoms. The lowest BCUT2D eigenvalue weighted by molar-refractivity contribution is -0.345. The Bertz CT molecular complexity index is 1100. The topological polar surface area (TPSA) is 137 Å². The average molecular weight is 640 g/mol. The highest BCUT2D eigenvalue weighted by atomic mass is 28.4. The second-order valence-corrected chi connectivity index (χ2v) is 17.7. The summed E-state index contributed by atoms with van der Waals surface area (Å²) in [6.07, 6.45) is -2.62. The molecule has 1 aliphatic carbocycles. The molecule has 1 amide bonds. The van der Waals surface area contributed by atoms with Crippen LogP contribution in [0.5, 0.6) is 11.5 Å². The van der Waals surface area contributed by atoms with Gasteiger partial charge in [0.05, 0.1) is 13.0 Å². The molecule has 0 radical (unpaired) electrons. The van der Waals surface area contributed by atoms with Gasteiger partial charge in [0.2, 0.25) is 5.79 Å². The van der Waals surface area contributed by atoms with E-state index in [0.717, 1.165) is 0 Å². The Labute approximate surface area is 261 Å². The Morgan fingerprint density at radius 3 is 2.00 bits per heavy atom. The zero-order valence-electron chi connectivity index (χ0n) is 27.5. The van der Waals surface area contributed by atoms with Gasteiger partial charge in [-0.3, -0.25) is 4.79 Å². The summed E-state index contributed by atoms with van der Waals surface area (Å²) in [6, 6.07) is 6.82. The lowest BCUT2D eigenvalue weighted by Crippen LogP contribution is -2.84. The molecule has 5 atom stereocenters.